The molecule has 11 heteroatoms. The molecule has 1 fully saturated rings. The molecule has 0 atom stereocenters. The third-order valence-electron chi connectivity index (χ3n) is 2.33. The largest absolute Gasteiger partial charge is 0.416 e. The van der Waals surface area contributed by atoms with Crippen molar-refractivity contribution in [3.8, 4) is 0 Å². The molecule has 0 aliphatic carbocycles. The number of carbonyl (C=O) groups excluding carboxylic acids is 1. The maximum Gasteiger partial charge on any atom is 0.416 e. The first kappa shape index (κ1) is 14.2. The number of alkyl halides is 6. The van der Waals surface area contributed by atoms with E-state index in [4.69, 9.17) is 0 Å². The summed E-state index contributed by atoms with van der Waals surface area (Å²) in [5.74, 6) is 0. The minimum Gasteiger partial charge on any atom is -0.252 e. The highest BCUT2D eigenvalue weighted by molar-refractivity contribution is 5.78. The number of nitrogens with zero attached hydrogens (tertiary/aromatic N) is 1. The van der Waals surface area contributed by atoms with Gasteiger partial charge in [-0.15, -0.1) is 5.53 Å². The van der Waals surface area contributed by atoms with Crippen LogP contribution >= 0.6 is 0 Å². The van der Waals surface area contributed by atoms with Crippen molar-refractivity contribution < 1.29 is 31.1 Å². The summed E-state index contributed by atoms with van der Waals surface area (Å²) in [6.07, 6.45) is -9.90. The van der Waals surface area contributed by atoms with Gasteiger partial charge in [0.1, 0.15) is 0 Å². The smallest absolute Gasteiger partial charge is 0.252 e. The number of amides is 2. The van der Waals surface area contributed by atoms with Crippen LogP contribution in [0.25, 0.3) is 0 Å². The maximum absolute atomic E-state index is 12.6. The lowest BCUT2D eigenvalue weighted by molar-refractivity contribution is -0.143. The van der Waals surface area contributed by atoms with Gasteiger partial charge in [0.05, 0.1) is 16.8 Å². The Kier molecular flexibility index (Phi) is 3.16. The van der Waals surface area contributed by atoms with Crippen molar-refractivity contribution in [3.05, 3.63) is 29.3 Å². The third-order valence-corrected chi connectivity index (χ3v) is 2.33. The van der Waals surface area contributed by atoms with Gasteiger partial charge in [0.15, 0.2) is 0 Å². The van der Waals surface area contributed by atoms with Crippen LogP contribution in [0.15, 0.2) is 18.2 Å². The van der Waals surface area contributed by atoms with Crippen molar-refractivity contribution in [1.29, 1.82) is 0 Å². The Labute approximate surface area is 107 Å². The van der Waals surface area contributed by atoms with Gasteiger partial charge < -0.3 is 0 Å². The third kappa shape index (κ3) is 2.87. The zero-order chi connectivity index (χ0) is 15.1. The summed E-state index contributed by atoms with van der Waals surface area (Å²) in [6.45, 7) is 0. The first-order valence-electron chi connectivity index (χ1n) is 4.99. The van der Waals surface area contributed by atoms with E-state index in [9.17, 15) is 31.1 Å². The van der Waals surface area contributed by atoms with Gasteiger partial charge in [0.25, 0.3) is 0 Å². The van der Waals surface area contributed by atoms with Crippen LogP contribution in [0.1, 0.15) is 11.1 Å². The fourth-order valence-electron chi connectivity index (χ4n) is 1.46. The minimum atomic E-state index is -4.95. The highest BCUT2D eigenvalue weighted by Crippen LogP contribution is 2.38. The highest BCUT2D eigenvalue weighted by atomic mass is 19.4. The molecule has 5 nitrogen and oxygen atoms in total. The first-order chi connectivity index (χ1) is 9.07. The Hall–Kier alpha value is -2.17. The van der Waals surface area contributed by atoms with Crippen molar-refractivity contribution in [3.63, 3.8) is 0 Å². The van der Waals surface area contributed by atoms with Crippen LogP contribution in [0.2, 0.25) is 0 Å². The van der Waals surface area contributed by atoms with E-state index >= 15 is 0 Å². The number of anilines is 1. The molecule has 0 spiro atoms. The molecule has 0 bridgehead atoms. The fourth-order valence-corrected chi connectivity index (χ4v) is 1.46. The molecule has 1 aromatic rings. The van der Waals surface area contributed by atoms with Crippen LogP contribution in [-0.4, -0.2) is 6.03 Å². The Morgan fingerprint density at radius 2 is 1.40 bits per heavy atom. The van der Waals surface area contributed by atoms with Crippen LogP contribution in [-0.2, 0) is 12.4 Å². The number of urea groups is 1. The quantitative estimate of drug-likeness (QED) is 0.697. The monoisotopic (exact) mass is 300 g/mol. The summed E-state index contributed by atoms with van der Waals surface area (Å²) in [5, 5.41) is 0.604. The minimum absolute atomic E-state index is 0.00514. The van der Waals surface area contributed by atoms with Crippen molar-refractivity contribution in [2.24, 2.45) is 0 Å². The number of nitrogens with one attached hydrogen (secondary N) is 3. The van der Waals surface area contributed by atoms with Gasteiger partial charge in [-0.3, -0.25) is 5.43 Å². The summed E-state index contributed by atoms with van der Waals surface area (Å²) in [6, 6.07) is 0.107. The normalized spacial score (nSPS) is 16.1. The molecular formula is C9H6F6N4O. The summed E-state index contributed by atoms with van der Waals surface area (Å²) in [4.78, 5) is 10.8. The van der Waals surface area contributed by atoms with E-state index in [1.807, 2.05) is 10.9 Å². The number of hydrogen-bond acceptors (Lipinski definition) is 3. The predicted molar refractivity (Wildman–Crippen MR) is 53.7 cm³/mol. The van der Waals surface area contributed by atoms with E-state index in [2.05, 4.69) is 5.53 Å². The standard InChI is InChI=1S/C9H6F6N4O/c10-8(11,12)4-1-5(9(13,14)15)3-6(2-4)19-17-7(20)16-18-19/h1-3,18H,(H2,16,17,20). The van der Waals surface area contributed by atoms with Gasteiger partial charge in [-0.1, -0.05) is 0 Å². The van der Waals surface area contributed by atoms with Gasteiger partial charge >= 0.3 is 18.4 Å². The second kappa shape index (κ2) is 4.44. The van der Waals surface area contributed by atoms with E-state index in [1.54, 1.807) is 0 Å². The highest BCUT2D eigenvalue weighted by Gasteiger charge is 2.37. The molecule has 110 valence electrons. The SMILES string of the molecule is O=C1NNN(c2cc(C(F)(F)F)cc(C(F)(F)F)c2)N1. The van der Waals surface area contributed by atoms with E-state index < -0.39 is 35.2 Å². The predicted octanol–water partition coefficient (Wildman–Crippen LogP) is 2.18. The van der Waals surface area contributed by atoms with Crippen LogP contribution in [0.4, 0.5) is 36.8 Å². The topological polar surface area (TPSA) is 56.4 Å². The molecule has 1 saturated heterocycles. The molecule has 0 radical (unpaired) electrons. The lowest BCUT2D eigenvalue weighted by Gasteiger charge is -2.19. The molecule has 3 N–H and O–H groups in total. The Balaban J connectivity index is 2.49. The zero-order valence-corrected chi connectivity index (χ0v) is 9.36. The van der Waals surface area contributed by atoms with Gasteiger partial charge in [0, 0.05) is 0 Å². The molecule has 1 aliphatic heterocycles. The van der Waals surface area contributed by atoms with Crippen molar-refractivity contribution in [2.45, 2.75) is 12.4 Å². The van der Waals surface area contributed by atoms with Crippen LogP contribution in [0, 0.1) is 0 Å². The zero-order valence-electron chi connectivity index (χ0n) is 9.36. The summed E-state index contributed by atoms with van der Waals surface area (Å²) in [7, 11) is 0. The van der Waals surface area contributed by atoms with Gasteiger partial charge in [0.2, 0.25) is 0 Å². The number of carbonyl (C=O) groups is 1. The average Bonchev–Trinajstić information content (AvgIpc) is 2.73. The summed E-state index contributed by atoms with van der Waals surface area (Å²) >= 11 is 0. The second-order valence-corrected chi connectivity index (χ2v) is 3.78. The van der Waals surface area contributed by atoms with E-state index in [0.717, 1.165) is 0 Å². The molecule has 1 aromatic carbocycles. The van der Waals surface area contributed by atoms with Crippen molar-refractivity contribution >= 4 is 11.7 Å². The Morgan fingerprint density at radius 3 is 1.75 bits per heavy atom. The molecule has 0 saturated carbocycles. The summed E-state index contributed by atoms with van der Waals surface area (Å²) < 4.78 is 75.5. The van der Waals surface area contributed by atoms with Crippen LogP contribution < -0.4 is 21.5 Å². The van der Waals surface area contributed by atoms with E-state index in [-0.39, 0.29) is 6.07 Å². The summed E-state index contributed by atoms with van der Waals surface area (Å²) in [5.41, 5.74) is 2.50. The lowest BCUT2D eigenvalue weighted by Crippen LogP contribution is -2.40. The molecule has 20 heavy (non-hydrogen) atoms. The maximum atomic E-state index is 12.6. The Bertz CT molecular complexity index is 508. The van der Waals surface area contributed by atoms with E-state index in [1.165, 1.54) is 0 Å². The van der Waals surface area contributed by atoms with Gasteiger partial charge in [-0.05, 0) is 18.2 Å². The van der Waals surface area contributed by atoms with Crippen LogP contribution in [0.3, 0.4) is 0 Å². The number of hydrogen-bond donors (Lipinski definition) is 3. The number of benzene rings is 1. The molecule has 1 heterocycles. The second-order valence-electron chi connectivity index (χ2n) is 3.78. The molecule has 2 rings (SSSR count). The number of rotatable bonds is 1. The van der Waals surface area contributed by atoms with Gasteiger partial charge in [-0.2, -0.15) is 31.5 Å². The molecule has 1 aliphatic rings. The molecule has 0 unspecified atom stereocenters. The van der Waals surface area contributed by atoms with Crippen molar-refractivity contribution in [1.82, 2.24) is 16.4 Å². The molecule has 0 aromatic heterocycles. The number of hydrazine groups is 3. The molecular weight excluding hydrogens is 294 g/mol. The van der Waals surface area contributed by atoms with E-state index in [0.29, 0.717) is 17.3 Å². The first-order valence-corrected chi connectivity index (χ1v) is 4.99. The molecule has 2 amide bonds. The Morgan fingerprint density at radius 1 is 0.900 bits per heavy atom. The van der Waals surface area contributed by atoms with Crippen molar-refractivity contribution in [2.75, 3.05) is 5.12 Å². The average molecular weight is 300 g/mol. The van der Waals surface area contributed by atoms with Crippen LogP contribution in [0.5, 0.6) is 0 Å². The van der Waals surface area contributed by atoms with Gasteiger partial charge in [-0.25, -0.2) is 10.2 Å². The lowest BCUT2D eigenvalue weighted by atomic mass is 10.1. The number of halogens is 6. The fraction of sp³-hybridized carbons (Fsp3) is 0.222.